The maximum absolute atomic E-state index is 12.8. The van der Waals surface area contributed by atoms with Crippen LogP contribution in [-0.2, 0) is 23.8 Å². The van der Waals surface area contributed by atoms with Gasteiger partial charge in [-0.2, -0.15) is 21.6 Å². The van der Waals surface area contributed by atoms with Gasteiger partial charge in [0.1, 0.15) is 5.76 Å². The van der Waals surface area contributed by atoms with Crippen molar-refractivity contribution in [2.24, 2.45) is 16.7 Å². The highest BCUT2D eigenvalue weighted by Gasteiger charge is 2.60. The second kappa shape index (κ2) is 6.35. The van der Waals surface area contributed by atoms with E-state index in [1.165, 1.54) is 6.08 Å². The molecule has 1 saturated carbocycles. The fourth-order valence-corrected chi connectivity index (χ4v) is 5.75. The van der Waals surface area contributed by atoms with Crippen LogP contribution in [0.4, 0.5) is 13.2 Å². The Hall–Kier alpha value is -0.800. The van der Waals surface area contributed by atoms with Crippen LogP contribution in [0.3, 0.4) is 0 Å². The summed E-state index contributed by atoms with van der Waals surface area (Å²) in [5.74, 6) is -0.871. The van der Waals surface area contributed by atoms with E-state index in [1.807, 2.05) is 20.8 Å². The fraction of sp³-hybridized carbons (Fsp3) is 0.889. The van der Waals surface area contributed by atoms with Gasteiger partial charge in [-0.05, 0) is 63.4 Å². The largest absolute Gasteiger partial charge is 0.534 e. The van der Waals surface area contributed by atoms with Crippen LogP contribution in [-0.4, -0.2) is 32.4 Å². The van der Waals surface area contributed by atoms with Crippen LogP contribution >= 0.6 is 0 Å². The van der Waals surface area contributed by atoms with Gasteiger partial charge in [0.05, 0.1) is 12.7 Å². The third kappa shape index (κ3) is 3.51. The third-order valence-corrected chi connectivity index (χ3v) is 7.54. The molecule has 0 amide bonds. The number of fused-ring (bicyclic) bond motifs is 3. The maximum Gasteiger partial charge on any atom is 0.534 e. The molecule has 0 bridgehead atoms. The molecule has 27 heavy (non-hydrogen) atoms. The first-order valence-corrected chi connectivity index (χ1v) is 10.7. The van der Waals surface area contributed by atoms with Crippen molar-refractivity contribution < 1.29 is 35.2 Å². The van der Waals surface area contributed by atoms with Gasteiger partial charge in [0, 0.05) is 5.41 Å². The lowest BCUT2D eigenvalue weighted by molar-refractivity contribution is -0.248. The molecule has 2 aliphatic carbocycles. The van der Waals surface area contributed by atoms with E-state index in [0.29, 0.717) is 32.3 Å². The average Bonchev–Trinajstić information content (AvgIpc) is 2.62. The van der Waals surface area contributed by atoms with Crippen molar-refractivity contribution >= 4 is 10.1 Å². The first-order chi connectivity index (χ1) is 12.2. The molecule has 156 valence electrons. The molecular weight excluding hydrogens is 385 g/mol. The molecule has 3 rings (SSSR count). The molecule has 0 aromatic heterocycles. The van der Waals surface area contributed by atoms with Crippen molar-refractivity contribution in [3.8, 4) is 0 Å². The minimum absolute atomic E-state index is 0.0651. The third-order valence-electron chi connectivity index (χ3n) is 6.57. The quantitative estimate of drug-likeness (QED) is 0.494. The molecule has 0 radical (unpaired) electrons. The Kier molecular flexibility index (Phi) is 4.92. The summed E-state index contributed by atoms with van der Waals surface area (Å²) in [6, 6.07) is 0. The molecule has 0 aromatic rings. The summed E-state index contributed by atoms with van der Waals surface area (Å²) in [5, 5.41) is 0. The van der Waals surface area contributed by atoms with Gasteiger partial charge in [-0.1, -0.05) is 13.8 Å². The highest BCUT2D eigenvalue weighted by atomic mass is 32.2. The Morgan fingerprint density at radius 2 is 1.81 bits per heavy atom. The second-order valence-corrected chi connectivity index (χ2v) is 10.3. The fourth-order valence-electron chi connectivity index (χ4n) is 5.16. The number of hydrogen-bond donors (Lipinski definition) is 0. The molecule has 9 heteroatoms. The molecule has 1 aliphatic heterocycles. The summed E-state index contributed by atoms with van der Waals surface area (Å²) in [7, 11) is -5.69. The summed E-state index contributed by atoms with van der Waals surface area (Å²) in [6.45, 7) is 8.08. The van der Waals surface area contributed by atoms with Crippen molar-refractivity contribution in [1.29, 1.82) is 0 Å². The van der Waals surface area contributed by atoms with E-state index in [-0.39, 0.29) is 23.2 Å². The van der Waals surface area contributed by atoms with Crippen LogP contribution in [0, 0.1) is 16.7 Å². The maximum atomic E-state index is 12.8. The minimum atomic E-state index is -5.69. The standard InChI is InChI=1S/C18H27F3O5S/c1-15(2)24-11-10-17(4)12-6-5-7-14(26-27(22,23)18(19,20)21)16(12,3)9-8-13(17)25-15/h7,12-13H,5-6,8-11H2,1-4H3/t12-,13+,16+,17+/m0/s1. The number of halogens is 3. The molecule has 2 fully saturated rings. The first-order valence-electron chi connectivity index (χ1n) is 9.24. The number of allylic oxidation sites excluding steroid dienone is 2. The number of ether oxygens (including phenoxy) is 2. The van der Waals surface area contributed by atoms with Crippen LogP contribution in [0.5, 0.6) is 0 Å². The molecule has 0 aromatic carbocycles. The topological polar surface area (TPSA) is 61.8 Å². The smallest absolute Gasteiger partial charge is 0.380 e. The molecule has 1 heterocycles. The Bertz CT molecular complexity index is 730. The molecule has 5 nitrogen and oxygen atoms in total. The highest BCUT2D eigenvalue weighted by molar-refractivity contribution is 7.87. The molecule has 1 saturated heterocycles. The zero-order valence-electron chi connectivity index (χ0n) is 16.1. The molecular formula is C18H27F3O5S. The van der Waals surface area contributed by atoms with E-state index in [1.54, 1.807) is 0 Å². The van der Waals surface area contributed by atoms with Gasteiger partial charge in [0.25, 0.3) is 0 Å². The van der Waals surface area contributed by atoms with Gasteiger partial charge >= 0.3 is 15.6 Å². The summed E-state index contributed by atoms with van der Waals surface area (Å²) in [6.07, 6.45) is 4.40. The Labute approximate surface area is 158 Å². The summed E-state index contributed by atoms with van der Waals surface area (Å²) in [4.78, 5) is 0. The van der Waals surface area contributed by atoms with Gasteiger partial charge in [-0.25, -0.2) is 0 Å². The zero-order valence-corrected chi connectivity index (χ0v) is 16.9. The first kappa shape index (κ1) is 20.9. The number of rotatable bonds is 2. The van der Waals surface area contributed by atoms with E-state index >= 15 is 0 Å². The highest BCUT2D eigenvalue weighted by Crippen LogP contribution is 2.61. The van der Waals surface area contributed by atoms with Crippen LogP contribution < -0.4 is 0 Å². The van der Waals surface area contributed by atoms with Crippen molar-refractivity contribution in [3.05, 3.63) is 11.8 Å². The summed E-state index contributed by atoms with van der Waals surface area (Å²) in [5.41, 5.74) is -6.58. The Morgan fingerprint density at radius 1 is 1.15 bits per heavy atom. The van der Waals surface area contributed by atoms with E-state index in [2.05, 4.69) is 11.1 Å². The van der Waals surface area contributed by atoms with Crippen LogP contribution in [0.15, 0.2) is 11.8 Å². The SMILES string of the molecule is CC1(C)OCC[C@]2(C)[C@H]3CCC=C(OS(=O)(=O)C(F)(F)F)[C@]3(C)CC[C@H]2O1. The average molecular weight is 412 g/mol. The predicted octanol–water partition coefficient (Wildman–Crippen LogP) is 4.49. The predicted molar refractivity (Wildman–Crippen MR) is 91.8 cm³/mol. The number of hydrogen-bond acceptors (Lipinski definition) is 5. The lowest BCUT2D eigenvalue weighted by Gasteiger charge is -2.57. The van der Waals surface area contributed by atoms with Crippen LogP contribution in [0.25, 0.3) is 0 Å². The van der Waals surface area contributed by atoms with E-state index < -0.39 is 26.8 Å². The Morgan fingerprint density at radius 3 is 2.44 bits per heavy atom. The zero-order chi connectivity index (χ0) is 20.3. The monoisotopic (exact) mass is 412 g/mol. The lowest BCUT2D eigenvalue weighted by atomic mass is 9.50. The van der Waals surface area contributed by atoms with E-state index in [4.69, 9.17) is 9.47 Å². The molecule has 0 spiro atoms. The molecule has 0 N–H and O–H groups in total. The minimum Gasteiger partial charge on any atom is -0.380 e. The summed E-state index contributed by atoms with van der Waals surface area (Å²) >= 11 is 0. The molecule has 0 unspecified atom stereocenters. The lowest BCUT2D eigenvalue weighted by Crippen LogP contribution is -2.55. The van der Waals surface area contributed by atoms with Gasteiger partial charge in [-0.15, -0.1) is 0 Å². The molecule has 3 aliphatic rings. The van der Waals surface area contributed by atoms with Crippen molar-refractivity contribution in [3.63, 3.8) is 0 Å². The van der Waals surface area contributed by atoms with Crippen molar-refractivity contribution in [1.82, 2.24) is 0 Å². The summed E-state index contributed by atoms with van der Waals surface area (Å²) < 4.78 is 78.4. The van der Waals surface area contributed by atoms with Gasteiger partial charge in [-0.3, -0.25) is 0 Å². The van der Waals surface area contributed by atoms with Gasteiger partial charge in [0.15, 0.2) is 5.79 Å². The van der Waals surface area contributed by atoms with Gasteiger partial charge in [0.2, 0.25) is 0 Å². The number of alkyl halides is 3. The van der Waals surface area contributed by atoms with E-state index in [0.717, 1.165) is 6.42 Å². The van der Waals surface area contributed by atoms with E-state index in [9.17, 15) is 21.6 Å². The van der Waals surface area contributed by atoms with Crippen molar-refractivity contribution in [2.45, 2.75) is 77.2 Å². The van der Waals surface area contributed by atoms with Crippen molar-refractivity contribution in [2.75, 3.05) is 6.61 Å². The normalized spacial score (nSPS) is 39.6. The second-order valence-electron chi connectivity index (χ2n) is 8.75. The van der Waals surface area contributed by atoms with Crippen LogP contribution in [0.2, 0.25) is 0 Å². The van der Waals surface area contributed by atoms with Crippen LogP contribution in [0.1, 0.15) is 59.8 Å². The van der Waals surface area contributed by atoms with Gasteiger partial charge < -0.3 is 13.7 Å². The molecule has 4 atom stereocenters. The Balaban J connectivity index is 1.94.